The van der Waals surface area contributed by atoms with E-state index in [2.05, 4.69) is 16.8 Å². The number of benzene rings is 1. The molecule has 5 heteroatoms. The summed E-state index contributed by atoms with van der Waals surface area (Å²) >= 11 is 0. The number of amides is 1. The first-order chi connectivity index (χ1) is 12.2. The number of hydrogen-bond acceptors (Lipinski definition) is 4. The number of ether oxygens (including phenoxy) is 1. The predicted molar refractivity (Wildman–Crippen MR) is 100 cm³/mol. The van der Waals surface area contributed by atoms with E-state index in [1.807, 2.05) is 36.1 Å². The number of hydrogen-bond donors (Lipinski definition) is 0. The molecule has 5 nitrogen and oxygen atoms in total. The molecule has 1 aromatic carbocycles. The molecule has 2 aliphatic rings. The average Bonchev–Trinajstić information content (AvgIpc) is 2.65. The number of piperazine rings is 1. The summed E-state index contributed by atoms with van der Waals surface area (Å²) in [5.74, 6) is 0.956. The highest BCUT2D eigenvalue weighted by atomic mass is 16.5. The molecule has 2 aliphatic heterocycles. The Morgan fingerprint density at radius 3 is 2.44 bits per heavy atom. The van der Waals surface area contributed by atoms with Crippen LogP contribution in [0.15, 0.2) is 24.3 Å². The maximum Gasteiger partial charge on any atom is 0.253 e. The van der Waals surface area contributed by atoms with Crippen LogP contribution in [0.4, 0.5) is 0 Å². The van der Waals surface area contributed by atoms with Gasteiger partial charge in [-0.15, -0.1) is 0 Å². The molecule has 2 fully saturated rings. The highest BCUT2D eigenvalue weighted by molar-refractivity contribution is 5.94. The number of nitrogens with zero attached hydrogens (tertiary/aromatic N) is 3. The molecular formula is C20H31N3O2. The van der Waals surface area contributed by atoms with Crippen molar-refractivity contribution >= 4 is 5.91 Å². The fraction of sp³-hybridized carbons (Fsp3) is 0.650. The Bertz CT molecular complexity index is 553. The van der Waals surface area contributed by atoms with Gasteiger partial charge in [0.2, 0.25) is 0 Å². The lowest BCUT2D eigenvalue weighted by molar-refractivity contribution is 0.0565. The molecule has 0 aromatic heterocycles. The minimum absolute atomic E-state index is 0.137. The summed E-state index contributed by atoms with van der Waals surface area (Å²) in [7, 11) is 2.25. The van der Waals surface area contributed by atoms with Gasteiger partial charge in [-0.25, -0.2) is 0 Å². The van der Waals surface area contributed by atoms with Crippen LogP contribution in [0.5, 0.6) is 5.75 Å². The molecule has 0 spiro atoms. The number of carbonyl (C=O) groups excluding carboxylic acids is 1. The lowest BCUT2D eigenvalue weighted by Crippen LogP contribution is -2.53. The Hall–Kier alpha value is -1.59. The summed E-state index contributed by atoms with van der Waals surface area (Å²) in [5, 5.41) is 0. The van der Waals surface area contributed by atoms with Gasteiger partial charge in [0.15, 0.2) is 0 Å². The van der Waals surface area contributed by atoms with Gasteiger partial charge in [-0.1, -0.05) is 6.42 Å². The first kappa shape index (κ1) is 18.2. The van der Waals surface area contributed by atoms with Gasteiger partial charge < -0.3 is 14.5 Å². The average molecular weight is 345 g/mol. The minimum atomic E-state index is 0.137. The fourth-order valence-electron chi connectivity index (χ4n) is 3.85. The van der Waals surface area contributed by atoms with Gasteiger partial charge in [-0.2, -0.15) is 0 Å². The molecule has 138 valence electrons. The zero-order valence-electron chi connectivity index (χ0n) is 15.6. The van der Waals surface area contributed by atoms with Crippen molar-refractivity contribution in [2.45, 2.75) is 32.2 Å². The largest absolute Gasteiger partial charge is 0.494 e. The number of rotatable bonds is 5. The summed E-state index contributed by atoms with van der Waals surface area (Å²) in [6.07, 6.45) is 3.99. The topological polar surface area (TPSA) is 36.0 Å². The molecule has 2 heterocycles. The van der Waals surface area contributed by atoms with Crippen LogP contribution in [0.3, 0.4) is 0 Å². The third-order valence-electron chi connectivity index (χ3n) is 5.46. The number of piperidine rings is 1. The highest BCUT2D eigenvalue weighted by Gasteiger charge is 2.26. The summed E-state index contributed by atoms with van der Waals surface area (Å²) < 4.78 is 5.45. The van der Waals surface area contributed by atoms with E-state index in [4.69, 9.17) is 4.74 Å². The molecular weight excluding hydrogens is 314 g/mol. The molecule has 2 saturated heterocycles. The minimum Gasteiger partial charge on any atom is -0.494 e. The van der Waals surface area contributed by atoms with Crippen molar-refractivity contribution < 1.29 is 9.53 Å². The van der Waals surface area contributed by atoms with Crippen molar-refractivity contribution in [3.63, 3.8) is 0 Å². The van der Waals surface area contributed by atoms with Gasteiger partial charge in [0, 0.05) is 44.3 Å². The van der Waals surface area contributed by atoms with Gasteiger partial charge in [0.05, 0.1) is 6.61 Å². The van der Waals surface area contributed by atoms with Crippen LogP contribution in [0.2, 0.25) is 0 Å². The summed E-state index contributed by atoms with van der Waals surface area (Å²) in [6, 6.07) is 8.19. The maximum atomic E-state index is 12.7. The van der Waals surface area contributed by atoms with E-state index in [0.29, 0.717) is 12.6 Å². The molecule has 25 heavy (non-hydrogen) atoms. The Balaban J connectivity index is 1.48. The smallest absolute Gasteiger partial charge is 0.253 e. The Labute approximate surface area is 151 Å². The van der Waals surface area contributed by atoms with Gasteiger partial charge in [-0.05, 0) is 57.6 Å². The Morgan fingerprint density at radius 1 is 1.08 bits per heavy atom. The quantitative estimate of drug-likeness (QED) is 0.821. The van der Waals surface area contributed by atoms with Crippen molar-refractivity contribution in [1.29, 1.82) is 0 Å². The van der Waals surface area contributed by atoms with Crippen LogP contribution in [0.25, 0.3) is 0 Å². The second-order valence-electron chi connectivity index (χ2n) is 7.18. The number of likely N-dealkylation sites (tertiary alicyclic amines) is 1. The molecule has 0 bridgehead atoms. The number of likely N-dealkylation sites (N-methyl/N-ethyl adjacent to an activating group) is 1. The Morgan fingerprint density at radius 2 is 1.80 bits per heavy atom. The van der Waals surface area contributed by atoms with Crippen LogP contribution < -0.4 is 4.74 Å². The van der Waals surface area contributed by atoms with Crippen molar-refractivity contribution in [2.75, 3.05) is 52.9 Å². The zero-order valence-corrected chi connectivity index (χ0v) is 15.6. The summed E-state index contributed by atoms with van der Waals surface area (Å²) in [5.41, 5.74) is 0.754. The van der Waals surface area contributed by atoms with Gasteiger partial charge in [0.1, 0.15) is 5.75 Å². The molecule has 1 aromatic rings. The van der Waals surface area contributed by atoms with Crippen molar-refractivity contribution in [3.8, 4) is 5.75 Å². The molecule has 3 rings (SSSR count). The van der Waals surface area contributed by atoms with E-state index in [-0.39, 0.29) is 5.91 Å². The fourth-order valence-corrected chi connectivity index (χ4v) is 3.85. The van der Waals surface area contributed by atoms with Crippen LogP contribution >= 0.6 is 0 Å². The van der Waals surface area contributed by atoms with E-state index in [1.54, 1.807) is 0 Å². The Kier molecular flexibility index (Phi) is 6.32. The van der Waals surface area contributed by atoms with Crippen molar-refractivity contribution in [1.82, 2.24) is 14.7 Å². The molecule has 0 aliphatic carbocycles. The van der Waals surface area contributed by atoms with E-state index in [1.165, 1.54) is 25.8 Å². The third kappa shape index (κ3) is 4.73. The second kappa shape index (κ2) is 8.68. The van der Waals surface area contributed by atoms with Crippen LogP contribution in [0, 0.1) is 0 Å². The first-order valence-corrected chi connectivity index (χ1v) is 9.62. The highest BCUT2D eigenvalue weighted by Crippen LogP contribution is 2.18. The van der Waals surface area contributed by atoms with E-state index in [9.17, 15) is 4.79 Å². The third-order valence-corrected chi connectivity index (χ3v) is 5.46. The molecule has 0 saturated carbocycles. The molecule has 1 amide bonds. The standard InChI is InChI=1S/C20H31N3O2/c1-3-25-19-9-7-17(8-10-19)20(24)23-14-12-22(13-15-23)16-18-6-4-5-11-21(18)2/h7-10,18H,3-6,11-16H2,1-2H3/t18-/m1/s1. The van der Waals surface area contributed by atoms with Crippen LogP contribution in [0.1, 0.15) is 36.5 Å². The lowest BCUT2D eigenvalue weighted by Gasteiger charge is -2.40. The van der Waals surface area contributed by atoms with Gasteiger partial charge >= 0.3 is 0 Å². The second-order valence-corrected chi connectivity index (χ2v) is 7.18. The normalized spacial score (nSPS) is 22.8. The lowest BCUT2D eigenvalue weighted by atomic mass is 10.0. The van der Waals surface area contributed by atoms with E-state index < -0.39 is 0 Å². The molecule has 0 radical (unpaired) electrons. The van der Waals surface area contributed by atoms with Crippen LogP contribution in [-0.2, 0) is 0 Å². The SMILES string of the molecule is CCOc1ccc(C(=O)N2CCN(C[C@H]3CCCCN3C)CC2)cc1. The predicted octanol–water partition coefficient (Wildman–Crippen LogP) is 2.33. The van der Waals surface area contributed by atoms with E-state index in [0.717, 1.165) is 44.0 Å². The monoisotopic (exact) mass is 345 g/mol. The van der Waals surface area contributed by atoms with Crippen LogP contribution in [-0.4, -0.2) is 79.6 Å². The van der Waals surface area contributed by atoms with Crippen molar-refractivity contribution in [3.05, 3.63) is 29.8 Å². The summed E-state index contributed by atoms with van der Waals surface area (Å²) in [6.45, 7) is 8.57. The maximum absolute atomic E-state index is 12.7. The van der Waals surface area contributed by atoms with Crippen molar-refractivity contribution in [2.24, 2.45) is 0 Å². The van der Waals surface area contributed by atoms with E-state index >= 15 is 0 Å². The zero-order chi connectivity index (χ0) is 17.6. The van der Waals surface area contributed by atoms with Gasteiger partial charge in [0.25, 0.3) is 5.91 Å². The molecule has 0 unspecified atom stereocenters. The molecule has 1 atom stereocenters. The molecule has 0 N–H and O–H groups in total. The number of carbonyl (C=O) groups is 1. The first-order valence-electron chi connectivity index (χ1n) is 9.62. The van der Waals surface area contributed by atoms with Gasteiger partial charge in [-0.3, -0.25) is 9.69 Å². The summed E-state index contributed by atoms with van der Waals surface area (Å²) in [4.78, 5) is 19.7.